The maximum Gasteiger partial charge on any atom is 0.158 e. The molecule has 0 aromatic rings. The molecule has 2 unspecified atom stereocenters. The van der Waals surface area contributed by atoms with Crippen LogP contribution >= 0.6 is 0 Å². The van der Waals surface area contributed by atoms with Gasteiger partial charge in [-0.3, -0.25) is 5.41 Å². The Hall–Kier alpha value is -0.650. The first-order chi connectivity index (χ1) is 6.24. The molecule has 1 aliphatic heterocycles. The third-order valence-corrected chi connectivity index (χ3v) is 1.97. The van der Waals surface area contributed by atoms with E-state index >= 15 is 0 Å². The molecule has 5 nitrogen and oxygen atoms in total. The molecule has 76 valence electrons. The molecule has 1 fully saturated rings. The molecule has 1 heterocycles. The van der Waals surface area contributed by atoms with Crippen molar-refractivity contribution in [3.05, 3.63) is 0 Å². The number of rotatable bonds is 4. The van der Waals surface area contributed by atoms with Crippen LogP contribution in [-0.4, -0.2) is 36.5 Å². The van der Waals surface area contributed by atoms with Crippen LogP contribution in [0.2, 0.25) is 0 Å². The van der Waals surface area contributed by atoms with Crippen molar-refractivity contribution in [2.45, 2.75) is 31.7 Å². The van der Waals surface area contributed by atoms with E-state index in [1.165, 1.54) is 0 Å². The molecule has 0 saturated carbocycles. The summed E-state index contributed by atoms with van der Waals surface area (Å²) in [5.74, 6) is -0.156. The van der Waals surface area contributed by atoms with Gasteiger partial charge in [-0.25, -0.2) is 0 Å². The van der Waals surface area contributed by atoms with Crippen LogP contribution in [0.5, 0.6) is 0 Å². The number of nitrogens with two attached hydrogens (primary N) is 1. The molecule has 2 atom stereocenters. The van der Waals surface area contributed by atoms with E-state index in [4.69, 9.17) is 25.7 Å². The second-order valence-electron chi connectivity index (χ2n) is 3.06. The highest BCUT2D eigenvalue weighted by Crippen LogP contribution is 2.15. The van der Waals surface area contributed by atoms with E-state index in [1.54, 1.807) is 0 Å². The highest BCUT2D eigenvalue weighted by Gasteiger charge is 2.20. The molecule has 0 spiro atoms. The van der Waals surface area contributed by atoms with Crippen molar-refractivity contribution in [2.24, 2.45) is 5.73 Å². The van der Waals surface area contributed by atoms with Gasteiger partial charge in [0.25, 0.3) is 0 Å². The van der Waals surface area contributed by atoms with Crippen molar-refractivity contribution >= 4 is 5.84 Å². The van der Waals surface area contributed by atoms with E-state index in [9.17, 15) is 0 Å². The minimum atomic E-state index is -0.719. The third kappa shape index (κ3) is 3.30. The molecular weight excluding hydrogens is 172 g/mol. The van der Waals surface area contributed by atoms with Gasteiger partial charge in [-0.2, -0.15) is 0 Å². The summed E-state index contributed by atoms with van der Waals surface area (Å²) in [6, 6.07) is 0. The average molecular weight is 188 g/mol. The predicted octanol–water partition coefficient (Wildman–Crippen LogP) is -0.174. The number of aliphatic hydroxyl groups excluding tert-OH is 1. The Morgan fingerprint density at radius 2 is 2.46 bits per heavy atom. The van der Waals surface area contributed by atoms with Gasteiger partial charge in [-0.05, 0) is 19.3 Å². The van der Waals surface area contributed by atoms with E-state index in [1.807, 2.05) is 0 Å². The Morgan fingerprint density at radius 3 is 2.92 bits per heavy atom. The molecule has 0 amide bonds. The van der Waals surface area contributed by atoms with Crippen LogP contribution in [0.4, 0.5) is 0 Å². The highest BCUT2D eigenvalue weighted by atomic mass is 16.7. The third-order valence-electron chi connectivity index (χ3n) is 1.97. The molecule has 0 radical (unpaired) electrons. The van der Waals surface area contributed by atoms with Gasteiger partial charge in [0.05, 0.1) is 6.61 Å². The lowest BCUT2D eigenvalue weighted by molar-refractivity contribution is -0.180. The summed E-state index contributed by atoms with van der Waals surface area (Å²) in [4.78, 5) is 0. The zero-order chi connectivity index (χ0) is 9.68. The fraction of sp³-hybridized carbons (Fsp3) is 0.875. The van der Waals surface area contributed by atoms with Gasteiger partial charge in [0.1, 0.15) is 11.9 Å². The number of ether oxygens (including phenoxy) is 2. The molecule has 0 aliphatic carbocycles. The van der Waals surface area contributed by atoms with E-state index in [-0.39, 0.29) is 18.7 Å². The molecule has 5 heteroatoms. The van der Waals surface area contributed by atoms with E-state index < -0.39 is 6.10 Å². The SMILES string of the molecule is N=C(N)C(CO)OC1CCCCO1. The fourth-order valence-electron chi connectivity index (χ4n) is 1.22. The molecule has 1 saturated heterocycles. The summed E-state index contributed by atoms with van der Waals surface area (Å²) in [6.45, 7) is 0.413. The minimum absolute atomic E-state index is 0.156. The number of amidine groups is 1. The van der Waals surface area contributed by atoms with Crippen LogP contribution in [-0.2, 0) is 9.47 Å². The topological polar surface area (TPSA) is 88.6 Å². The lowest BCUT2D eigenvalue weighted by Crippen LogP contribution is -2.38. The van der Waals surface area contributed by atoms with Crippen LogP contribution < -0.4 is 5.73 Å². The summed E-state index contributed by atoms with van der Waals surface area (Å²) in [6.07, 6.45) is 1.88. The summed E-state index contributed by atoms with van der Waals surface area (Å²) < 4.78 is 10.6. The number of aliphatic hydroxyl groups is 1. The molecule has 1 rings (SSSR count). The van der Waals surface area contributed by atoms with Gasteiger partial charge in [-0.15, -0.1) is 0 Å². The minimum Gasteiger partial charge on any atom is -0.393 e. The average Bonchev–Trinajstić information content (AvgIpc) is 2.15. The van der Waals surface area contributed by atoms with Crippen molar-refractivity contribution in [1.29, 1.82) is 5.41 Å². The van der Waals surface area contributed by atoms with E-state index in [0.29, 0.717) is 6.61 Å². The number of hydrogen-bond acceptors (Lipinski definition) is 4. The maximum atomic E-state index is 8.83. The summed E-state index contributed by atoms with van der Waals surface area (Å²) in [7, 11) is 0. The van der Waals surface area contributed by atoms with Gasteiger partial charge in [0.15, 0.2) is 6.29 Å². The van der Waals surface area contributed by atoms with Crippen LogP contribution in [0.25, 0.3) is 0 Å². The Balaban J connectivity index is 2.31. The second-order valence-corrected chi connectivity index (χ2v) is 3.06. The standard InChI is InChI=1S/C8H16N2O3/c9-8(10)6(5-11)13-7-3-1-2-4-12-7/h6-7,11H,1-5H2,(H3,9,10). The lowest BCUT2D eigenvalue weighted by atomic mass is 10.2. The molecule has 1 aliphatic rings. The first-order valence-corrected chi connectivity index (χ1v) is 4.46. The largest absolute Gasteiger partial charge is 0.393 e. The van der Waals surface area contributed by atoms with Crippen molar-refractivity contribution in [2.75, 3.05) is 13.2 Å². The Bertz CT molecular complexity index is 169. The fourth-order valence-corrected chi connectivity index (χ4v) is 1.22. The summed E-state index contributed by atoms with van der Waals surface area (Å²) in [5.41, 5.74) is 5.21. The predicted molar refractivity (Wildman–Crippen MR) is 47.5 cm³/mol. The highest BCUT2D eigenvalue weighted by molar-refractivity contribution is 5.81. The smallest absolute Gasteiger partial charge is 0.158 e. The maximum absolute atomic E-state index is 8.83. The number of nitrogens with one attached hydrogen (secondary N) is 1. The van der Waals surface area contributed by atoms with Crippen molar-refractivity contribution in [1.82, 2.24) is 0 Å². The molecule has 0 bridgehead atoms. The zero-order valence-corrected chi connectivity index (χ0v) is 7.53. The zero-order valence-electron chi connectivity index (χ0n) is 7.53. The quantitative estimate of drug-likeness (QED) is 0.422. The summed E-state index contributed by atoms with van der Waals surface area (Å²) in [5, 5.41) is 15.9. The lowest BCUT2D eigenvalue weighted by Gasteiger charge is -2.26. The van der Waals surface area contributed by atoms with E-state index in [2.05, 4.69) is 0 Å². The molecule has 0 aromatic carbocycles. The Labute approximate surface area is 77.3 Å². The Kier molecular flexibility index (Phi) is 4.14. The van der Waals surface area contributed by atoms with Gasteiger partial charge in [-0.1, -0.05) is 0 Å². The van der Waals surface area contributed by atoms with Gasteiger partial charge < -0.3 is 20.3 Å². The molecule has 4 N–H and O–H groups in total. The van der Waals surface area contributed by atoms with Crippen LogP contribution in [0.15, 0.2) is 0 Å². The summed E-state index contributed by atoms with van der Waals surface area (Å²) >= 11 is 0. The monoisotopic (exact) mass is 188 g/mol. The van der Waals surface area contributed by atoms with Crippen molar-refractivity contribution < 1.29 is 14.6 Å². The normalized spacial score (nSPS) is 25.5. The number of hydrogen-bond donors (Lipinski definition) is 3. The van der Waals surface area contributed by atoms with Crippen molar-refractivity contribution in [3.8, 4) is 0 Å². The van der Waals surface area contributed by atoms with Crippen LogP contribution in [0, 0.1) is 5.41 Å². The van der Waals surface area contributed by atoms with Gasteiger partial charge in [0, 0.05) is 6.61 Å². The molecule has 0 aromatic heterocycles. The molecule has 13 heavy (non-hydrogen) atoms. The van der Waals surface area contributed by atoms with E-state index in [0.717, 1.165) is 19.3 Å². The first-order valence-electron chi connectivity index (χ1n) is 4.46. The molecular formula is C8H16N2O3. The van der Waals surface area contributed by atoms with Crippen LogP contribution in [0.3, 0.4) is 0 Å². The first kappa shape index (κ1) is 10.4. The second kappa shape index (κ2) is 5.16. The Morgan fingerprint density at radius 1 is 1.69 bits per heavy atom. The van der Waals surface area contributed by atoms with Gasteiger partial charge >= 0.3 is 0 Å². The van der Waals surface area contributed by atoms with Gasteiger partial charge in [0.2, 0.25) is 0 Å². The van der Waals surface area contributed by atoms with Crippen molar-refractivity contribution in [3.63, 3.8) is 0 Å². The van der Waals surface area contributed by atoms with Crippen LogP contribution in [0.1, 0.15) is 19.3 Å².